The van der Waals surface area contributed by atoms with E-state index in [0.717, 1.165) is 55.5 Å². The van der Waals surface area contributed by atoms with Crippen molar-refractivity contribution in [2.24, 2.45) is 13.0 Å². The molecule has 1 saturated heterocycles. The van der Waals surface area contributed by atoms with Gasteiger partial charge >= 0.3 is 6.18 Å². The summed E-state index contributed by atoms with van der Waals surface area (Å²) in [6, 6.07) is 11.0. The van der Waals surface area contributed by atoms with Gasteiger partial charge in [-0.3, -0.25) is 4.79 Å². The molecule has 1 aromatic heterocycles. The number of alkyl halides is 3. The third kappa shape index (κ3) is 5.44. The van der Waals surface area contributed by atoms with Gasteiger partial charge in [-0.05, 0) is 62.1 Å². The number of ketones is 1. The fourth-order valence-corrected chi connectivity index (χ4v) is 6.28. The van der Waals surface area contributed by atoms with Crippen LogP contribution in [0, 0.1) is 5.92 Å². The summed E-state index contributed by atoms with van der Waals surface area (Å²) in [5.41, 5.74) is 1.94. The van der Waals surface area contributed by atoms with Crippen LogP contribution in [0.4, 0.5) is 13.2 Å². The first kappa shape index (κ1) is 28.4. The van der Waals surface area contributed by atoms with Crippen LogP contribution in [0.5, 0.6) is 5.75 Å². The zero-order chi connectivity index (χ0) is 26.4. The molecule has 2 atom stereocenters. The standard InChI is InChI=1S/C27H29F3N4O2S.ClH/c1-17(35)22-13-20(9-10-23(22)36-3)26-14-21(26)15-34(16-26)11-4-12-37-25-32-31-24(33(25)2)18-5-7-19(8-6-18)27(28,29)30;/h5-10,13,21H,4,11-12,14-16H2,1-3H3;1H/t21-,26?;/m1./s1. The number of rotatable bonds is 9. The van der Waals surface area contributed by atoms with E-state index < -0.39 is 11.7 Å². The number of aromatic nitrogens is 3. The molecule has 11 heteroatoms. The maximum atomic E-state index is 12.8. The second-order valence-corrected chi connectivity index (χ2v) is 11.0. The van der Waals surface area contributed by atoms with Crippen molar-refractivity contribution in [3.8, 4) is 17.1 Å². The number of benzene rings is 2. The van der Waals surface area contributed by atoms with Crippen LogP contribution in [-0.4, -0.2) is 57.9 Å². The molecule has 0 amide bonds. The molecule has 2 heterocycles. The van der Waals surface area contributed by atoms with E-state index in [1.807, 2.05) is 23.7 Å². The van der Waals surface area contributed by atoms with Crippen LogP contribution < -0.4 is 4.74 Å². The molecule has 0 radical (unpaired) electrons. The van der Waals surface area contributed by atoms with Gasteiger partial charge in [0.05, 0.1) is 18.2 Å². The van der Waals surface area contributed by atoms with Crippen LogP contribution >= 0.6 is 24.2 Å². The molecule has 0 N–H and O–H groups in total. The maximum absolute atomic E-state index is 12.8. The number of methoxy groups -OCH3 is 1. The minimum atomic E-state index is -4.36. The topological polar surface area (TPSA) is 60.2 Å². The fourth-order valence-electron chi connectivity index (χ4n) is 5.45. The second-order valence-electron chi connectivity index (χ2n) is 9.91. The van der Waals surface area contributed by atoms with E-state index >= 15 is 0 Å². The highest BCUT2D eigenvalue weighted by Gasteiger charge is 2.60. The third-order valence-corrected chi connectivity index (χ3v) is 8.63. The largest absolute Gasteiger partial charge is 0.496 e. The predicted molar refractivity (Wildman–Crippen MR) is 143 cm³/mol. The van der Waals surface area contributed by atoms with Crippen molar-refractivity contribution in [1.82, 2.24) is 19.7 Å². The summed E-state index contributed by atoms with van der Waals surface area (Å²) >= 11 is 1.60. The quantitative estimate of drug-likeness (QED) is 0.183. The van der Waals surface area contributed by atoms with Crippen LogP contribution in [0.15, 0.2) is 47.6 Å². The molecule has 1 aliphatic carbocycles. The van der Waals surface area contributed by atoms with Crippen molar-refractivity contribution in [3.63, 3.8) is 0 Å². The summed E-state index contributed by atoms with van der Waals surface area (Å²) in [4.78, 5) is 14.6. The van der Waals surface area contributed by atoms with E-state index in [4.69, 9.17) is 4.74 Å². The molecule has 2 aliphatic rings. The van der Waals surface area contributed by atoms with Gasteiger partial charge in [-0.15, -0.1) is 22.6 Å². The summed E-state index contributed by atoms with van der Waals surface area (Å²) < 4.78 is 45.7. The molecule has 2 fully saturated rings. The van der Waals surface area contributed by atoms with Gasteiger partial charge in [0.15, 0.2) is 16.8 Å². The first-order chi connectivity index (χ1) is 17.6. The Hall–Kier alpha value is -2.56. The van der Waals surface area contributed by atoms with Crippen LogP contribution in [-0.2, 0) is 18.6 Å². The van der Waals surface area contributed by atoms with Crippen LogP contribution in [0.1, 0.15) is 41.3 Å². The first-order valence-corrected chi connectivity index (χ1v) is 13.2. The normalized spacial score (nSPS) is 20.6. The van der Waals surface area contributed by atoms with Crippen molar-refractivity contribution >= 4 is 30.0 Å². The van der Waals surface area contributed by atoms with Crippen LogP contribution in [0.3, 0.4) is 0 Å². The van der Waals surface area contributed by atoms with Gasteiger partial charge in [0.1, 0.15) is 5.75 Å². The zero-order valence-electron chi connectivity index (χ0n) is 21.4. The Balaban J connectivity index is 0.00000336. The second kappa shape index (κ2) is 10.9. The minimum absolute atomic E-state index is 0. The Morgan fingerprint density at radius 2 is 1.92 bits per heavy atom. The average molecular weight is 567 g/mol. The predicted octanol–water partition coefficient (Wildman–Crippen LogP) is 5.89. The van der Waals surface area contributed by atoms with Gasteiger partial charge in [-0.1, -0.05) is 30.0 Å². The molecule has 3 aromatic rings. The lowest BCUT2D eigenvalue weighted by Crippen LogP contribution is -2.28. The summed E-state index contributed by atoms with van der Waals surface area (Å²) in [6.07, 6.45) is -2.22. The number of nitrogens with zero attached hydrogens (tertiary/aromatic N) is 4. The van der Waals surface area contributed by atoms with E-state index in [1.54, 1.807) is 25.8 Å². The highest BCUT2D eigenvalue weighted by molar-refractivity contribution is 7.99. The fraction of sp³-hybridized carbons (Fsp3) is 0.444. The van der Waals surface area contributed by atoms with Gasteiger partial charge < -0.3 is 14.2 Å². The number of piperidine rings is 1. The first-order valence-electron chi connectivity index (χ1n) is 12.2. The Morgan fingerprint density at radius 3 is 2.58 bits per heavy atom. The van der Waals surface area contributed by atoms with E-state index in [0.29, 0.717) is 28.6 Å². The molecule has 38 heavy (non-hydrogen) atoms. The molecule has 5 rings (SSSR count). The number of Topliss-reactive ketones (excluding diaryl/α,β-unsaturated/α-hetero) is 1. The summed E-state index contributed by atoms with van der Waals surface area (Å²) in [5.74, 6) is 2.68. The molecular weight excluding hydrogens is 537 g/mol. The SMILES string of the molecule is COc1ccc(C23C[C@@H]2CN(CCCSc2nnc(-c4ccc(C(F)(F)F)cc4)n2C)C3)cc1C(C)=O.Cl. The van der Waals surface area contributed by atoms with Gasteiger partial charge in [0, 0.05) is 36.9 Å². The lowest BCUT2D eigenvalue weighted by atomic mass is 9.92. The lowest BCUT2D eigenvalue weighted by molar-refractivity contribution is -0.137. The van der Waals surface area contributed by atoms with Crippen molar-refractivity contribution in [3.05, 3.63) is 59.2 Å². The molecule has 6 nitrogen and oxygen atoms in total. The number of likely N-dealkylation sites (tertiary alicyclic amines) is 1. The Kier molecular flexibility index (Phi) is 8.16. The smallest absolute Gasteiger partial charge is 0.416 e. The highest BCUT2D eigenvalue weighted by Crippen LogP contribution is 2.59. The number of fused-ring (bicyclic) bond motifs is 1. The Morgan fingerprint density at radius 1 is 1.18 bits per heavy atom. The molecule has 1 aliphatic heterocycles. The molecule has 2 aromatic carbocycles. The van der Waals surface area contributed by atoms with Crippen LogP contribution in [0.25, 0.3) is 11.4 Å². The van der Waals surface area contributed by atoms with Gasteiger partial charge in [-0.25, -0.2) is 0 Å². The van der Waals surface area contributed by atoms with E-state index in [1.165, 1.54) is 17.7 Å². The number of carbonyl (C=O) groups is 1. The van der Waals surface area contributed by atoms with E-state index in [2.05, 4.69) is 21.2 Å². The van der Waals surface area contributed by atoms with E-state index in [-0.39, 0.29) is 23.6 Å². The third-order valence-electron chi connectivity index (χ3n) is 7.53. The Labute approximate surface area is 230 Å². The number of ether oxygens (including phenoxy) is 1. The molecule has 0 bridgehead atoms. The maximum Gasteiger partial charge on any atom is 0.416 e. The number of hydrogen-bond acceptors (Lipinski definition) is 6. The molecule has 1 saturated carbocycles. The van der Waals surface area contributed by atoms with E-state index in [9.17, 15) is 18.0 Å². The zero-order valence-corrected chi connectivity index (χ0v) is 23.1. The van der Waals surface area contributed by atoms with Gasteiger partial charge in [0.25, 0.3) is 0 Å². The van der Waals surface area contributed by atoms with Gasteiger partial charge in [0.2, 0.25) is 0 Å². The average Bonchev–Trinajstić information content (AvgIpc) is 3.25. The van der Waals surface area contributed by atoms with Crippen LogP contribution in [0.2, 0.25) is 0 Å². The summed E-state index contributed by atoms with van der Waals surface area (Å²) in [5, 5.41) is 9.17. The summed E-state index contributed by atoms with van der Waals surface area (Å²) in [7, 11) is 3.42. The molecule has 1 unspecified atom stereocenters. The summed E-state index contributed by atoms with van der Waals surface area (Å²) in [6.45, 7) is 4.61. The monoisotopic (exact) mass is 566 g/mol. The highest BCUT2D eigenvalue weighted by atomic mass is 35.5. The van der Waals surface area contributed by atoms with Gasteiger partial charge in [-0.2, -0.15) is 13.2 Å². The lowest BCUT2D eigenvalue weighted by Gasteiger charge is -2.21. The molecular formula is C27H30ClF3N4O2S. The molecule has 204 valence electrons. The molecule has 0 spiro atoms. The Bertz CT molecular complexity index is 1310. The van der Waals surface area contributed by atoms with Crippen molar-refractivity contribution < 1.29 is 22.7 Å². The number of halogens is 4. The van der Waals surface area contributed by atoms with Crippen molar-refractivity contribution in [1.29, 1.82) is 0 Å². The number of thioether (sulfide) groups is 1. The number of carbonyl (C=O) groups excluding carboxylic acids is 1. The number of hydrogen-bond donors (Lipinski definition) is 0. The van der Waals surface area contributed by atoms with Crippen molar-refractivity contribution in [2.75, 3.05) is 32.5 Å². The minimum Gasteiger partial charge on any atom is -0.496 e. The van der Waals surface area contributed by atoms with Crippen molar-refractivity contribution in [2.45, 2.75) is 36.5 Å².